The first-order valence-corrected chi connectivity index (χ1v) is 3.54. The summed E-state index contributed by atoms with van der Waals surface area (Å²) in [5, 5.41) is 9.05. The Bertz CT molecular complexity index is 218. The van der Waals surface area contributed by atoms with Gasteiger partial charge in [-0.1, -0.05) is 29.8 Å². The van der Waals surface area contributed by atoms with Crippen molar-refractivity contribution in [2.45, 2.75) is 13.0 Å². The molecule has 0 bridgehead atoms. The van der Waals surface area contributed by atoms with E-state index in [0.717, 1.165) is 5.56 Å². The third-order valence-electron chi connectivity index (χ3n) is 1.61. The van der Waals surface area contributed by atoms with E-state index in [9.17, 15) is 4.39 Å². The molecule has 2 heteroatoms. The van der Waals surface area contributed by atoms with Crippen LogP contribution in [0, 0.1) is 6.92 Å². The third kappa shape index (κ3) is 2.02. The van der Waals surface area contributed by atoms with Crippen LogP contribution in [-0.2, 0) is 0 Å². The van der Waals surface area contributed by atoms with E-state index in [2.05, 4.69) is 0 Å². The van der Waals surface area contributed by atoms with Gasteiger partial charge in [0.1, 0.15) is 12.8 Å². The summed E-state index contributed by atoms with van der Waals surface area (Å²) in [7, 11) is 0. The summed E-state index contributed by atoms with van der Waals surface area (Å²) in [6.07, 6.45) is -0.962. The van der Waals surface area contributed by atoms with Crippen LogP contribution in [0.2, 0.25) is 0 Å². The number of rotatable bonds is 2. The zero-order chi connectivity index (χ0) is 8.27. The van der Waals surface area contributed by atoms with Gasteiger partial charge < -0.3 is 5.11 Å². The molecule has 1 aromatic carbocycles. The minimum atomic E-state index is -0.962. The summed E-state index contributed by atoms with van der Waals surface area (Å²) in [6, 6.07) is 7.18. The highest BCUT2D eigenvalue weighted by atomic mass is 19.1. The second kappa shape index (κ2) is 3.49. The van der Waals surface area contributed by atoms with Crippen molar-refractivity contribution in [2.24, 2.45) is 0 Å². The molecule has 0 aliphatic heterocycles. The van der Waals surface area contributed by atoms with Crippen LogP contribution < -0.4 is 0 Å². The number of aliphatic hydroxyl groups is 1. The Morgan fingerprint density at radius 2 is 1.91 bits per heavy atom. The maximum absolute atomic E-state index is 11.9. The zero-order valence-corrected chi connectivity index (χ0v) is 6.42. The number of aryl methyl sites for hydroxylation is 1. The molecule has 1 atom stereocenters. The van der Waals surface area contributed by atoms with Gasteiger partial charge in [0, 0.05) is 0 Å². The predicted octanol–water partition coefficient (Wildman–Crippen LogP) is 2.00. The molecule has 1 nitrogen and oxygen atoms in total. The fourth-order valence-electron chi connectivity index (χ4n) is 0.878. The number of benzene rings is 1. The van der Waals surface area contributed by atoms with Crippen LogP contribution in [0.25, 0.3) is 0 Å². The quantitative estimate of drug-likeness (QED) is 0.690. The minimum Gasteiger partial charge on any atom is -0.386 e. The third-order valence-corrected chi connectivity index (χ3v) is 1.61. The average molecular weight is 154 g/mol. The lowest BCUT2D eigenvalue weighted by molar-refractivity contribution is 0.142. The van der Waals surface area contributed by atoms with Gasteiger partial charge in [-0.05, 0) is 12.5 Å². The maximum atomic E-state index is 11.9. The summed E-state index contributed by atoms with van der Waals surface area (Å²) >= 11 is 0. The Kier molecular flexibility index (Phi) is 2.60. The lowest BCUT2D eigenvalue weighted by Gasteiger charge is -2.05. The second-order valence-electron chi connectivity index (χ2n) is 2.58. The SMILES string of the molecule is Cc1ccc([C@@H](O)CF)cc1. The molecule has 1 N–H and O–H groups in total. The first-order valence-electron chi connectivity index (χ1n) is 3.54. The van der Waals surface area contributed by atoms with E-state index in [1.807, 2.05) is 19.1 Å². The van der Waals surface area contributed by atoms with Crippen molar-refractivity contribution in [2.75, 3.05) is 6.67 Å². The molecule has 0 radical (unpaired) electrons. The highest BCUT2D eigenvalue weighted by Gasteiger charge is 2.04. The molecule has 0 heterocycles. The van der Waals surface area contributed by atoms with Crippen molar-refractivity contribution in [3.8, 4) is 0 Å². The highest BCUT2D eigenvalue weighted by Crippen LogP contribution is 2.13. The Morgan fingerprint density at radius 1 is 1.36 bits per heavy atom. The number of aliphatic hydroxyl groups excluding tert-OH is 1. The minimum absolute atomic E-state index is 0.637. The van der Waals surface area contributed by atoms with Crippen molar-refractivity contribution in [1.82, 2.24) is 0 Å². The van der Waals surface area contributed by atoms with E-state index in [4.69, 9.17) is 5.11 Å². The Hall–Kier alpha value is -0.890. The van der Waals surface area contributed by atoms with Gasteiger partial charge >= 0.3 is 0 Å². The van der Waals surface area contributed by atoms with Crippen LogP contribution in [-0.4, -0.2) is 11.8 Å². The summed E-state index contributed by atoms with van der Waals surface area (Å²) in [5.74, 6) is 0. The Labute approximate surface area is 65.5 Å². The Balaban J connectivity index is 2.81. The lowest BCUT2D eigenvalue weighted by atomic mass is 10.1. The molecule has 0 fully saturated rings. The van der Waals surface area contributed by atoms with E-state index >= 15 is 0 Å². The molecule has 1 aromatic rings. The monoisotopic (exact) mass is 154 g/mol. The summed E-state index contributed by atoms with van der Waals surface area (Å²) in [6.45, 7) is 1.23. The van der Waals surface area contributed by atoms with E-state index in [1.165, 1.54) is 0 Å². The molecule has 11 heavy (non-hydrogen) atoms. The van der Waals surface area contributed by atoms with Crippen molar-refractivity contribution in [3.63, 3.8) is 0 Å². The van der Waals surface area contributed by atoms with Gasteiger partial charge in [0.05, 0.1) is 0 Å². The molecular formula is C9H11FO. The molecule has 0 aliphatic carbocycles. The van der Waals surface area contributed by atoms with Gasteiger partial charge in [-0.25, -0.2) is 4.39 Å². The number of hydrogen-bond donors (Lipinski definition) is 1. The smallest absolute Gasteiger partial charge is 0.119 e. The largest absolute Gasteiger partial charge is 0.386 e. The standard InChI is InChI=1S/C9H11FO/c1-7-2-4-8(5-3-7)9(11)6-10/h2-5,9,11H,6H2,1H3/t9-/m0/s1. The molecule has 0 unspecified atom stereocenters. The molecule has 0 spiro atoms. The normalized spacial score (nSPS) is 13.0. The molecule has 0 aromatic heterocycles. The van der Waals surface area contributed by atoms with Gasteiger partial charge in [-0.2, -0.15) is 0 Å². The van der Waals surface area contributed by atoms with Gasteiger partial charge in [-0.3, -0.25) is 0 Å². The van der Waals surface area contributed by atoms with Gasteiger partial charge in [0.25, 0.3) is 0 Å². The van der Waals surface area contributed by atoms with Crippen LogP contribution >= 0.6 is 0 Å². The van der Waals surface area contributed by atoms with Gasteiger partial charge in [0.15, 0.2) is 0 Å². The topological polar surface area (TPSA) is 20.2 Å². The van der Waals surface area contributed by atoms with E-state index in [0.29, 0.717) is 5.56 Å². The van der Waals surface area contributed by atoms with Crippen molar-refractivity contribution in [1.29, 1.82) is 0 Å². The first kappa shape index (κ1) is 8.21. The number of alkyl halides is 1. The van der Waals surface area contributed by atoms with Crippen LogP contribution in [0.5, 0.6) is 0 Å². The van der Waals surface area contributed by atoms with Crippen LogP contribution in [0.3, 0.4) is 0 Å². The predicted molar refractivity (Wildman–Crippen MR) is 42.1 cm³/mol. The Morgan fingerprint density at radius 3 is 2.36 bits per heavy atom. The van der Waals surface area contributed by atoms with Crippen LogP contribution in [0.4, 0.5) is 4.39 Å². The number of hydrogen-bond acceptors (Lipinski definition) is 1. The maximum Gasteiger partial charge on any atom is 0.119 e. The molecule has 0 amide bonds. The van der Waals surface area contributed by atoms with E-state index in [1.54, 1.807) is 12.1 Å². The van der Waals surface area contributed by atoms with Gasteiger partial charge in [0.2, 0.25) is 0 Å². The molecule has 0 saturated carbocycles. The first-order chi connectivity index (χ1) is 5.24. The molecule has 60 valence electrons. The second-order valence-corrected chi connectivity index (χ2v) is 2.58. The van der Waals surface area contributed by atoms with E-state index in [-0.39, 0.29) is 0 Å². The lowest BCUT2D eigenvalue weighted by Crippen LogP contribution is -1.98. The number of halogens is 1. The molecular weight excluding hydrogens is 143 g/mol. The average Bonchev–Trinajstić information content (AvgIpc) is 2.05. The van der Waals surface area contributed by atoms with Crippen molar-refractivity contribution < 1.29 is 9.50 Å². The zero-order valence-electron chi connectivity index (χ0n) is 6.42. The van der Waals surface area contributed by atoms with Crippen molar-refractivity contribution >= 4 is 0 Å². The van der Waals surface area contributed by atoms with Gasteiger partial charge in [-0.15, -0.1) is 0 Å². The fourth-order valence-corrected chi connectivity index (χ4v) is 0.878. The summed E-state index contributed by atoms with van der Waals surface area (Å²) < 4.78 is 11.9. The van der Waals surface area contributed by atoms with Crippen LogP contribution in [0.15, 0.2) is 24.3 Å². The molecule has 0 aliphatic rings. The molecule has 1 rings (SSSR count). The summed E-state index contributed by atoms with van der Waals surface area (Å²) in [5.41, 5.74) is 1.75. The van der Waals surface area contributed by atoms with E-state index < -0.39 is 12.8 Å². The van der Waals surface area contributed by atoms with Crippen molar-refractivity contribution in [3.05, 3.63) is 35.4 Å². The fraction of sp³-hybridized carbons (Fsp3) is 0.333. The highest BCUT2D eigenvalue weighted by molar-refractivity contribution is 5.22. The van der Waals surface area contributed by atoms with Crippen LogP contribution in [0.1, 0.15) is 17.2 Å². The summed E-state index contributed by atoms with van der Waals surface area (Å²) in [4.78, 5) is 0. The molecule has 0 saturated heterocycles.